The number of aliphatic hydroxyl groups excluding tert-OH is 1. The molecule has 0 unspecified atom stereocenters. The molecule has 1 aliphatic rings. The predicted molar refractivity (Wildman–Crippen MR) is 42.2 cm³/mol. The first-order valence-corrected chi connectivity index (χ1v) is 4.13. The molecule has 2 N–H and O–H groups in total. The third-order valence-electron chi connectivity index (χ3n) is 2.43. The summed E-state index contributed by atoms with van der Waals surface area (Å²) in [7, 11) is 0. The molecule has 1 aliphatic heterocycles. The molecule has 0 amide bonds. The molecule has 0 bridgehead atoms. The minimum atomic E-state index is -0.303. The number of ketones is 1. The summed E-state index contributed by atoms with van der Waals surface area (Å²) in [6.07, 6.45) is 1.02. The fraction of sp³-hybridized carbons (Fsp3) is 0.875. The molecule has 1 fully saturated rings. The van der Waals surface area contributed by atoms with Crippen LogP contribution in [-0.4, -0.2) is 30.6 Å². The number of rotatable bonds is 3. The third-order valence-corrected chi connectivity index (χ3v) is 2.43. The van der Waals surface area contributed by atoms with E-state index in [1.807, 2.05) is 0 Å². The van der Waals surface area contributed by atoms with Crippen LogP contribution in [-0.2, 0) is 4.79 Å². The Bertz CT molecular complexity index is 147. The van der Waals surface area contributed by atoms with E-state index in [1.54, 1.807) is 0 Å². The van der Waals surface area contributed by atoms with E-state index in [1.165, 1.54) is 0 Å². The molecule has 1 rings (SSSR count). The molecule has 0 spiro atoms. The smallest absolute Gasteiger partial charge is 0.162 e. The van der Waals surface area contributed by atoms with Crippen molar-refractivity contribution in [2.45, 2.75) is 13.3 Å². The second kappa shape index (κ2) is 3.83. The molecule has 0 aromatic carbocycles. The molecule has 11 heavy (non-hydrogen) atoms. The van der Waals surface area contributed by atoms with Gasteiger partial charge in [-0.3, -0.25) is 4.79 Å². The summed E-state index contributed by atoms with van der Waals surface area (Å²) in [5, 5.41) is 11.8. The van der Waals surface area contributed by atoms with E-state index in [0.717, 1.165) is 19.5 Å². The molecule has 0 aromatic rings. The van der Waals surface area contributed by atoms with Crippen LogP contribution in [0.1, 0.15) is 13.3 Å². The average molecular weight is 157 g/mol. The van der Waals surface area contributed by atoms with Gasteiger partial charge in [0, 0.05) is 12.5 Å². The van der Waals surface area contributed by atoms with Gasteiger partial charge in [-0.2, -0.15) is 0 Å². The van der Waals surface area contributed by atoms with E-state index in [2.05, 4.69) is 12.2 Å². The molecule has 1 heterocycles. The van der Waals surface area contributed by atoms with Gasteiger partial charge in [0.25, 0.3) is 0 Å². The second-order valence-corrected chi connectivity index (χ2v) is 3.06. The highest BCUT2D eigenvalue weighted by Crippen LogP contribution is 2.20. The fourth-order valence-corrected chi connectivity index (χ4v) is 1.66. The van der Waals surface area contributed by atoms with Crippen molar-refractivity contribution in [3.8, 4) is 0 Å². The topological polar surface area (TPSA) is 49.3 Å². The lowest BCUT2D eigenvalue weighted by Gasteiger charge is -2.13. The van der Waals surface area contributed by atoms with Crippen LogP contribution in [0.2, 0.25) is 0 Å². The summed E-state index contributed by atoms with van der Waals surface area (Å²) in [6, 6.07) is 0. The van der Waals surface area contributed by atoms with Crippen molar-refractivity contribution in [1.82, 2.24) is 5.32 Å². The van der Waals surface area contributed by atoms with Crippen molar-refractivity contribution < 1.29 is 9.90 Å². The largest absolute Gasteiger partial charge is 0.389 e. The maximum atomic E-state index is 11.1. The lowest BCUT2D eigenvalue weighted by Crippen LogP contribution is -2.24. The molecule has 0 aliphatic carbocycles. The van der Waals surface area contributed by atoms with Crippen LogP contribution in [0.4, 0.5) is 0 Å². The van der Waals surface area contributed by atoms with Crippen LogP contribution >= 0.6 is 0 Å². The van der Waals surface area contributed by atoms with Crippen LogP contribution < -0.4 is 5.32 Å². The molecule has 0 radical (unpaired) electrons. The van der Waals surface area contributed by atoms with Gasteiger partial charge in [-0.25, -0.2) is 0 Å². The van der Waals surface area contributed by atoms with Crippen molar-refractivity contribution in [2.75, 3.05) is 19.7 Å². The zero-order valence-electron chi connectivity index (χ0n) is 6.84. The summed E-state index contributed by atoms with van der Waals surface area (Å²) < 4.78 is 0. The van der Waals surface area contributed by atoms with Gasteiger partial charge in [0.05, 0.1) is 0 Å². The van der Waals surface area contributed by atoms with Crippen molar-refractivity contribution in [3.05, 3.63) is 0 Å². The van der Waals surface area contributed by atoms with Crippen molar-refractivity contribution in [1.29, 1.82) is 0 Å². The van der Waals surface area contributed by atoms with Crippen LogP contribution in [0, 0.1) is 11.8 Å². The first-order chi connectivity index (χ1) is 5.29. The Morgan fingerprint density at radius 3 is 2.91 bits per heavy atom. The molecule has 1 saturated heterocycles. The number of aliphatic hydroxyl groups is 1. The number of hydrogen-bond donors (Lipinski definition) is 2. The SMILES string of the molecule is CC[C@@H]1CNC[C@@H]1C(=O)CO. The number of carbonyl (C=O) groups excluding carboxylic acids is 1. The zero-order valence-corrected chi connectivity index (χ0v) is 6.84. The van der Waals surface area contributed by atoms with Gasteiger partial charge in [-0.05, 0) is 12.5 Å². The van der Waals surface area contributed by atoms with E-state index in [-0.39, 0.29) is 18.3 Å². The molecule has 2 atom stereocenters. The summed E-state index contributed by atoms with van der Waals surface area (Å²) in [4.78, 5) is 11.1. The lowest BCUT2D eigenvalue weighted by atomic mass is 9.90. The highest BCUT2D eigenvalue weighted by molar-refractivity contribution is 5.82. The normalized spacial score (nSPS) is 30.7. The summed E-state index contributed by atoms with van der Waals surface area (Å²) in [6.45, 7) is 3.45. The van der Waals surface area contributed by atoms with Crippen molar-refractivity contribution in [2.24, 2.45) is 11.8 Å². The summed E-state index contributed by atoms with van der Waals surface area (Å²) >= 11 is 0. The van der Waals surface area contributed by atoms with Crippen molar-refractivity contribution in [3.63, 3.8) is 0 Å². The number of nitrogens with one attached hydrogen (secondary N) is 1. The molecule has 0 aromatic heterocycles. The fourth-order valence-electron chi connectivity index (χ4n) is 1.66. The van der Waals surface area contributed by atoms with Crippen LogP contribution in [0.5, 0.6) is 0 Å². The van der Waals surface area contributed by atoms with E-state index in [9.17, 15) is 4.79 Å². The molecule has 3 nitrogen and oxygen atoms in total. The van der Waals surface area contributed by atoms with E-state index in [0.29, 0.717) is 5.92 Å². The second-order valence-electron chi connectivity index (χ2n) is 3.06. The quantitative estimate of drug-likeness (QED) is 0.596. The average Bonchev–Trinajstić information content (AvgIpc) is 2.50. The highest BCUT2D eigenvalue weighted by Gasteiger charge is 2.30. The Morgan fingerprint density at radius 2 is 2.36 bits per heavy atom. The predicted octanol–water partition coefficient (Wildman–Crippen LogP) is -0.207. The Labute approximate surface area is 66.8 Å². The van der Waals surface area contributed by atoms with Gasteiger partial charge in [0.15, 0.2) is 5.78 Å². The Hall–Kier alpha value is -0.410. The first kappa shape index (κ1) is 8.68. The summed E-state index contributed by atoms with van der Waals surface area (Å²) in [5.74, 6) is 0.488. The van der Waals surface area contributed by atoms with Crippen LogP contribution in [0.15, 0.2) is 0 Å². The van der Waals surface area contributed by atoms with E-state index >= 15 is 0 Å². The number of Topliss-reactive ketones (excluding diaryl/α,β-unsaturated/α-hetero) is 1. The molecule has 3 heteroatoms. The Kier molecular flexibility index (Phi) is 3.02. The highest BCUT2D eigenvalue weighted by atomic mass is 16.3. The number of hydrogen-bond acceptors (Lipinski definition) is 3. The molecule has 0 saturated carbocycles. The van der Waals surface area contributed by atoms with Gasteiger partial charge in [0.1, 0.15) is 6.61 Å². The van der Waals surface area contributed by atoms with Crippen LogP contribution in [0.25, 0.3) is 0 Å². The first-order valence-electron chi connectivity index (χ1n) is 4.13. The minimum Gasteiger partial charge on any atom is -0.389 e. The Balaban J connectivity index is 2.49. The number of carbonyl (C=O) groups is 1. The zero-order chi connectivity index (χ0) is 8.27. The summed E-state index contributed by atoms with van der Waals surface area (Å²) in [5.41, 5.74) is 0. The maximum Gasteiger partial charge on any atom is 0.162 e. The van der Waals surface area contributed by atoms with Gasteiger partial charge in [0.2, 0.25) is 0 Å². The molecular formula is C8H15NO2. The van der Waals surface area contributed by atoms with Gasteiger partial charge in [-0.1, -0.05) is 13.3 Å². The maximum absolute atomic E-state index is 11.1. The molecular weight excluding hydrogens is 142 g/mol. The van der Waals surface area contributed by atoms with Gasteiger partial charge in [-0.15, -0.1) is 0 Å². The monoisotopic (exact) mass is 157 g/mol. The van der Waals surface area contributed by atoms with E-state index < -0.39 is 0 Å². The minimum absolute atomic E-state index is 0.0122. The van der Waals surface area contributed by atoms with Gasteiger partial charge < -0.3 is 10.4 Å². The van der Waals surface area contributed by atoms with Gasteiger partial charge >= 0.3 is 0 Å². The van der Waals surface area contributed by atoms with E-state index in [4.69, 9.17) is 5.11 Å². The standard InChI is InChI=1S/C8H15NO2/c1-2-6-3-9-4-7(6)8(11)5-10/h6-7,9-10H,2-5H2,1H3/t6-,7+/m1/s1. The van der Waals surface area contributed by atoms with Crippen LogP contribution in [0.3, 0.4) is 0 Å². The molecule has 64 valence electrons. The Morgan fingerprint density at radius 1 is 1.64 bits per heavy atom. The third kappa shape index (κ3) is 1.79. The lowest BCUT2D eigenvalue weighted by molar-refractivity contribution is -0.126. The van der Waals surface area contributed by atoms with Crippen molar-refractivity contribution >= 4 is 5.78 Å².